The largest absolute Gasteiger partial charge is 0.456 e. The molecule has 0 saturated heterocycles. The van der Waals surface area contributed by atoms with Gasteiger partial charge in [0.15, 0.2) is 23.0 Å². The zero-order valence-electron chi connectivity index (χ0n) is 77.9. The molecular formula is C132H75N11O2S. The Morgan fingerprint density at radius 2 is 0.596 bits per heavy atom. The lowest BCUT2D eigenvalue weighted by Crippen LogP contribution is -1.97. The fourth-order valence-electron chi connectivity index (χ4n) is 22.0. The lowest BCUT2D eigenvalue weighted by Gasteiger charge is -2.15. The topological polar surface area (TPSA) is 177 Å². The molecule has 9 heterocycles. The standard InChI is InChI=1S/C50H29N3O.C43H24N4O.C39H22N4S/c51-30-42-38-14-6-8-16-43(38)52-50(48(42)32-11-2-1-3-12-32)33-18-23-36(24-19-33)53-44-17-9-7-15-39(44)40-28-34(20-25-45(40)53)35-22-26-46-41(29-35)49-37-13-5-4-10-31(37)21-27-47(49)54-46;44-25-37-33-10-3-5-11-36(33)45-43(46-37)27-13-18-30(19-14-27)47-38-12-6-4-9-32(38)34-23-28(15-20-39(34)47)29-17-21-40-35(24-29)42-31-8-2-1-7-26(31)16-22-41(42)48-40;40-23-33-29-9-1-4-12-32(29)41-39(42-33)24-16-19-26(20-17-24)43-34-13-5-2-10-30(34)38-27(11-7-14-35(38)43)25-18-21-37-31(22-25)28-8-3-6-15-36(28)44-37/h1-29H;1-24H;1-22H. The van der Waals surface area contributed by atoms with E-state index in [2.05, 4.69) is 369 Å². The first-order valence-electron chi connectivity index (χ1n) is 48.5. The molecular weight excluding hydrogens is 1800 g/mol. The van der Waals surface area contributed by atoms with E-state index in [1.807, 2.05) is 139 Å². The van der Waals surface area contributed by atoms with Gasteiger partial charge in [0.1, 0.15) is 40.5 Å². The van der Waals surface area contributed by atoms with Crippen LogP contribution in [-0.2, 0) is 0 Å². The minimum absolute atomic E-state index is 0.381. The predicted octanol–water partition coefficient (Wildman–Crippen LogP) is 34.5. The maximum absolute atomic E-state index is 10.4. The van der Waals surface area contributed by atoms with Crippen molar-refractivity contribution in [3.8, 4) is 114 Å². The van der Waals surface area contributed by atoms with Gasteiger partial charge in [0.05, 0.1) is 60.9 Å². The molecule has 0 aliphatic rings. The number of benzene rings is 21. The second-order valence-corrected chi connectivity index (χ2v) is 38.0. The molecule has 14 heteroatoms. The maximum atomic E-state index is 10.4. The highest BCUT2D eigenvalue weighted by Crippen LogP contribution is 2.48. The molecule has 21 aromatic carbocycles. The van der Waals surface area contributed by atoms with Crippen LogP contribution < -0.4 is 0 Å². The van der Waals surface area contributed by atoms with Crippen LogP contribution in [0.5, 0.6) is 0 Å². The summed E-state index contributed by atoms with van der Waals surface area (Å²) in [6.45, 7) is 0. The summed E-state index contributed by atoms with van der Waals surface area (Å²) >= 11 is 1.85. The molecule has 0 spiro atoms. The Balaban J connectivity index is 0.000000107. The van der Waals surface area contributed by atoms with Crippen LogP contribution in [-0.4, -0.2) is 38.6 Å². The van der Waals surface area contributed by atoms with Crippen molar-refractivity contribution in [2.45, 2.75) is 0 Å². The molecule has 0 amide bonds. The minimum atomic E-state index is 0.381. The van der Waals surface area contributed by atoms with Gasteiger partial charge in [-0.1, -0.05) is 261 Å². The monoisotopic (exact) mass is 1880 g/mol. The summed E-state index contributed by atoms with van der Waals surface area (Å²) in [5.74, 6) is 1.09. The van der Waals surface area contributed by atoms with Crippen molar-refractivity contribution in [1.29, 1.82) is 15.8 Å². The van der Waals surface area contributed by atoms with Gasteiger partial charge in [0.25, 0.3) is 0 Å². The Kier molecular flexibility index (Phi) is 19.7. The van der Waals surface area contributed by atoms with E-state index in [4.69, 9.17) is 23.8 Å². The smallest absolute Gasteiger partial charge is 0.161 e. The average molecular weight is 1880 g/mol. The number of pyridine rings is 1. The zero-order chi connectivity index (χ0) is 96.7. The fraction of sp³-hybridized carbons (Fsp3) is 0. The highest BCUT2D eigenvalue weighted by atomic mass is 32.1. The van der Waals surface area contributed by atoms with Crippen molar-refractivity contribution in [2.24, 2.45) is 0 Å². The number of furan rings is 2. The molecule has 0 aliphatic heterocycles. The summed E-state index contributed by atoms with van der Waals surface area (Å²) in [6, 6.07) is 165. The van der Waals surface area contributed by atoms with E-state index in [1.54, 1.807) is 0 Å². The van der Waals surface area contributed by atoms with Crippen LogP contribution in [0, 0.1) is 34.0 Å². The van der Waals surface area contributed by atoms with E-state index in [1.165, 1.54) is 85.2 Å². The normalized spacial score (nSPS) is 11.7. The molecule has 9 aromatic heterocycles. The molecule has 0 fully saturated rings. The van der Waals surface area contributed by atoms with Gasteiger partial charge in [0, 0.05) is 130 Å². The quantitative estimate of drug-likeness (QED) is 0.128. The number of hydrogen-bond acceptors (Lipinski definition) is 11. The molecule has 0 unspecified atom stereocenters. The molecule has 13 nitrogen and oxygen atoms in total. The van der Waals surface area contributed by atoms with Gasteiger partial charge in [-0.3, -0.25) is 0 Å². The first-order chi connectivity index (χ1) is 72.2. The second kappa shape index (κ2) is 34.2. The van der Waals surface area contributed by atoms with Gasteiger partial charge in [-0.2, -0.15) is 15.8 Å². The Hall–Kier alpha value is -20.1. The van der Waals surface area contributed by atoms with E-state index in [9.17, 15) is 15.8 Å². The van der Waals surface area contributed by atoms with Gasteiger partial charge in [-0.15, -0.1) is 11.3 Å². The first-order valence-corrected chi connectivity index (χ1v) is 49.3. The molecule has 30 rings (SSSR count). The van der Waals surface area contributed by atoms with Crippen molar-refractivity contribution in [3.05, 3.63) is 472 Å². The summed E-state index contributed by atoms with van der Waals surface area (Å²) in [5, 5.41) is 51.5. The molecule has 0 aliphatic carbocycles. The Morgan fingerprint density at radius 3 is 1.12 bits per heavy atom. The number of rotatable bonds is 10. The third kappa shape index (κ3) is 13.8. The van der Waals surface area contributed by atoms with E-state index < -0.39 is 0 Å². The molecule has 0 atom stereocenters. The summed E-state index contributed by atoms with van der Waals surface area (Å²) in [6.07, 6.45) is 0. The van der Waals surface area contributed by atoms with Crippen molar-refractivity contribution in [2.75, 3.05) is 0 Å². The summed E-state index contributed by atoms with van der Waals surface area (Å²) < 4.78 is 22.2. The highest BCUT2D eigenvalue weighted by molar-refractivity contribution is 7.25. The second-order valence-electron chi connectivity index (χ2n) is 36.9. The molecule has 30 aromatic rings. The number of para-hydroxylation sites is 6. The number of aromatic nitrogens is 8. The number of thiophene rings is 1. The number of nitrogens with zero attached hydrogens (tertiary/aromatic N) is 11. The van der Waals surface area contributed by atoms with Gasteiger partial charge in [0.2, 0.25) is 0 Å². The Labute approximate surface area is 838 Å². The molecule has 0 saturated carbocycles. The summed E-state index contributed by atoms with van der Waals surface area (Å²) in [5.41, 5.74) is 29.7. The van der Waals surface area contributed by atoms with E-state index in [0.717, 1.165) is 183 Å². The summed E-state index contributed by atoms with van der Waals surface area (Å²) in [4.78, 5) is 23.8. The van der Waals surface area contributed by atoms with Gasteiger partial charge in [-0.25, -0.2) is 24.9 Å². The van der Waals surface area contributed by atoms with Crippen LogP contribution >= 0.6 is 11.3 Å². The Bertz CT molecular complexity index is 10900. The van der Waals surface area contributed by atoms with Crippen LogP contribution in [0.15, 0.2) is 464 Å². The molecule has 0 radical (unpaired) electrons. The van der Waals surface area contributed by atoms with Crippen LogP contribution in [0.4, 0.5) is 0 Å². The van der Waals surface area contributed by atoms with E-state index in [0.29, 0.717) is 28.6 Å². The van der Waals surface area contributed by atoms with Gasteiger partial charge < -0.3 is 22.5 Å². The minimum Gasteiger partial charge on any atom is -0.456 e. The maximum Gasteiger partial charge on any atom is 0.161 e. The van der Waals surface area contributed by atoms with Crippen LogP contribution in [0.25, 0.3) is 279 Å². The van der Waals surface area contributed by atoms with E-state index >= 15 is 0 Å². The third-order valence-electron chi connectivity index (χ3n) is 28.8. The number of nitriles is 3. The van der Waals surface area contributed by atoms with Gasteiger partial charge >= 0.3 is 0 Å². The van der Waals surface area contributed by atoms with Crippen molar-refractivity contribution in [1.82, 2.24) is 38.6 Å². The first kappa shape index (κ1) is 84.0. The molecule has 0 bridgehead atoms. The molecule has 146 heavy (non-hydrogen) atoms. The predicted molar refractivity (Wildman–Crippen MR) is 598 cm³/mol. The van der Waals surface area contributed by atoms with Crippen LogP contribution in [0.2, 0.25) is 0 Å². The Morgan fingerprint density at radius 1 is 0.219 bits per heavy atom. The molecule has 0 N–H and O–H groups in total. The lowest BCUT2D eigenvalue weighted by atomic mass is 9.92. The third-order valence-corrected chi connectivity index (χ3v) is 29.9. The van der Waals surface area contributed by atoms with Crippen LogP contribution in [0.1, 0.15) is 17.0 Å². The zero-order valence-corrected chi connectivity index (χ0v) is 78.8. The number of hydrogen-bond donors (Lipinski definition) is 0. The average Bonchev–Trinajstić information content (AvgIpc) is 1.57. The van der Waals surface area contributed by atoms with Gasteiger partial charge in [-0.05, 0) is 255 Å². The van der Waals surface area contributed by atoms with Crippen molar-refractivity contribution >= 4 is 195 Å². The highest BCUT2D eigenvalue weighted by Gasteiger charge is 2.26. The summed E-state index contributed by atoms with van der Waals surface area (Å²) in [7, 11) is 0. The van der Waals surface area contributed by atoms with E-state index in [-0.39, 0.29) is 0 Å². The van der Waals surface area contributed by atoms with Crippen molar-refractivity contribution < 1.29 is 8.83 Å². The number of fused-ring (bicyclic) bond motifs is 25. The van der Waals surface area contributed by atoms with Crippen molar-refractivity contribution in [3.63, 3.8) is 0 Å². The molecule has 676 valence electrons. The van der Waals surface area contributed by atoms with Crippen LogP contribution in [0.3, 0.4) is 0 Å². The fourth-order valence-corrected chi connectivity index (χ4v) is 23.1. The lowest BCUT2D eigenvalue weighted by molar-refractivity contribution is 0.669. The SMILES string of the molecule is N#Cc1c(-c2ccccc2)c(-c2ccc(-n3c4ccccc4c4cc(-c5ccc6oc7ccc8ccccc8c7c6c5)ccc43)cc2)nc2ccccc12.N#Cc1nc(-c2ccc(-n3c4ccccc4c4c(-c5ccc6sc7ccccc7c6c5)cccc43)cc2)nc2ccccc12.N#Cc1nc(-c2ccc(-n3c4ccccc4c4cc(-c5ccc6oc7ccc8ccccc8c7c6c5)ccc43)cc2)nc2ccccc12.